The first kappa shape index (κ1) is 62.5. The smallest absolute Gasteiger partial charge is 0.306 e. The van der Waals surface area contributed by atoms with E-state index in [0.717, 1.165) is 70.6 Å². The predicted octanol–water partition coefficient (Wildman–Crippen LogP) is 15.2. The van der Waals surface area contributed by atoms with Crippen LogP contribution in [-0.4, -0.2) is 69.4 Å². The SMILES string of the molecule is CCCCCCCCC/C=C\CCCCCC(=O)NC(COP(=O)([O-])OCC[N+](C)(C)C)C(/C=C/CCCCCCCCCCCCC)OC(=O)CCCCCCCCCCCCC. The molecule has 0 aliphatic carbocycles. The fraction of sp³-hybridized carbons (Fsp3) is 0.889. The van der Waals surface area contributed by atoms with E-state index in [-0.39, 0.29) is 31.5 Å². The third kappa shape index (κ3) is 45.6. The third-order valence-corrected chi connectivity index (χ3v) is 13.1. The summed E-state index contributed by atoms with van der Waals surface area (Å²) in [7, 11) is 1.18. The summed E-state index contributed by atoms with van der Waals surface area (Å²) in [5.74, 6) is -0.552. The molecule has 0 heterocycles. The maximum absolute atomic E-state index is 13.4. The molecule has 1 amide bonds. The molecule has 378 valence electrons. The van der Waals surface area contributed by atoms with Crippen LogP contribution < -0.4 is 10.2 Å². The Morgan fingerprint density at radius 1 is 0.531 bits per heavy atom. The molecule has 0 radical (unpaired) electrons. The first-order valence-electron chi connectivity index (χ1n) is 27.1. The molecule has 0 saturated heterocycles. The summed E-state index contributed by atoms with van der Waals surface area (Å²) < 4.78 is 30.1. The van der Waals surface area contributed by atoms with Gasteiger partial charge in [-0.05, 0) is 57.4 Å². The van der Waals surface area contributed by atoms with Gasteiger partial charge < -0.3 is 28.5 Å². The number of amides is 1. The van der Waals surface area contributed by atoms with Gasteiger partial charge in [0.15, 0.2) is 0 Å². The van der Waals surface area contributed by atoms with Crippen LogP contribution in [0, 0.1) is 0 Å². The average Bonchev–Trinajstić information content (AvgIpc) is 3.25. The van der Waals surface area contributed by atoms with Crippen LogP contribution in [0.25, 0.3) is 0 Å². The minimum atomic E-state index is -4.69. The number of carbonyl (C=O) groups excluding carboxylic acids is 2. The Hall–Kier alpha value is -1.51. The second kappa shape index (κ2) is 45.3. The Bertz CT molecular complexity index is 1160. The number of quaternary nitrogens is 1. The number of phosphoric acid groups is 1. The van der Waals surface area contributed by atoms with Crippen LogP contribution >= 0.6 is 7.82 Å². The molecule has 64 heavy (non-hydrogen) atoms. The maximum atomic E-state index is 13.4. The number of esters is 1. The van der Waals surface area contributed by atoms with E-state index in [9.17, 15) is 19.0 Å². The van der Waals surface area contributed by atoms with Gasteiger partial charge in [0.1, 0.15) is 19.3 Å². The lowest BCUT2D eigenvalue weighted by atomic mass is 10.0. The zero-order chi connectivity index (χ0) is 47.3. The number of hydrogen-bond donors (Lipinski definition) is 1. The molecule has 9 nitrogen and oxygen atoms in total. The number of nitrogens with zero attached hydrogens (tertiary/aromatic N) is 1. The van der Waals surface area contributed by atoms with Gasteiger partial charge in [-0.2, -0.15) is 0 Å². The number of rotatable bonds is 49. The number of allylic oxidation sites excluding steroid dienone is 3. The summed E-state index contributed by atoms with van der Waals surface area (Å²) in [6, 6.07) is -0.888. The Labute approximate surface area is 396 Å². The van der Waals surface area contributed by atoms with Crippen molar-refractivity contribution >= 4 is 19.7 Å². The Kier molecular flexibility index (Phi) is 44.2. The molecule has 0 aliphatic rings. The van der Waals surface area contributed by atoms with E-state index < -0.39 is 20.0 Å². The van der Waals surface area contributed by atoms with Crippen LogP contribution in [0.1, 0.15) is 258 Å². The molecule has 0 aliphatic heterocycles. The number of ether oxygens (including phenoxy) is 1. The lowest BCUT2D eigenvalue weighted by Crippen LogP contribution is -2.47. The van der Waals surface area contributed by atoms with Gasteiger partial charge in [0.2, 0.25) is 5.91 Å². The molecule has 10 heteroatoms. The molecular weight excluding hydrogens is 820 g/mol. The van der Waals surface area contributed by atoms with Crippen LogP contribution in [0.3, 0.4) is 0 Å². The first-order valence-corrected chi connectivity index (χ1v) is 28.6. The molecule has 1 N–H and O–H groups in total. The predicted molar refractivity (Wildman–Crippen MR) is 270 cm³/mol. The van der Waals surface area contributed by atoms with E-state index in [1.54, 1.807) is 0 Å². The molecule has 3 atom stereocenters. The van der Waals surface area contributed by atoms with E-state index in [0.29, 0.717) is 17.4 Å². The molecule has 0 spiro atoms. The van der Waals surface area contributed by atoms with Crippen molar-refractivity contribution in [3.8, 4) is 0 Å². The standard InChI is InChI=1S/C54H105N2O7P/c1-7-10-13-16-19-22-25-27-29-32-34-37-40-43-46-53(57)55-51(50-62-64(59,60)61-49-48-56(4,5)6)52(45-42-39-36-33-31-28-26-23-20-17-14-11-8-2)63-54(58)47-44-41-38-35-30-24-21-18-15-12-9-3/h29,32,42,45,51-52H,7-28,30-31,33-41,43-44,46-50H2,1-6H3,(H-,55,57,59,60)/b32-29-,45-42+. The normalized spacial score (nSPS) is 14.0. The van der Waals surface area contributed by atoms with Crippen molar-refractivity contribution in [1.29, 1.82) is 0 Å². The molecular formula is C54H105N2O7P. The summed E-state index contributed by atoms with van der Waals surface area (Å²) >= 11 is 0. The van der Waals surface area contributed by atoms with Crippen molar-refractivity contribution < 1.29 is 37.3 Å². The van der Waals surface area contributed by atoms with Gasteiger partial charge in [-0.15, -0.1) is 0 Å². The minimum Gasteiger partial charge on any atom is -0.756 e. The van der Waals surface area contributed by atoms with Gasteiger partial charge >= 0.3 is 5.97 Å². The van der Waals surface area contributed by atoms with Crippen molar-refractivity contribution in [2.75, 3.05) is 40.9 Å². The molecule has 0 aromatic rings. The second-order valence-corrected chi connectivity index (χ2v) is 21.1. The zero-order valence-corrected chi connectivity index (χ0v) is 43.9. The number of nitrogens with one attached hydrogen (secondary N) is 1. The van der Waals surface area contributed by atoms with Crippen LogP contribution in [0.5, 0.6) is 0 Å². The highest BCUT2D eigenvalue weighted by atomic mass is 31.2. The van der Waals surface area contributed by atoms with Crippen molar-refractivity contribution in [1.82, 2.24) is 5.32 Å². The Balaban J connectivity index is 5.42. The largest absolute Gasteiger partial charge is 0.756 e. The van der Waals surface area contributed by atoms with Gasteiger partial charge in [-0.25, -0.2) is 0 Å². The van der Waals surface area contributed by atoms with E-state index in [1.165, 1.54) is 154 Å². The molecule has 0 rings (SSSR count). The molecule has 0 aromatic heterocycles. The molecule has 0 bridgehead atoms. The van der Waals surface area contributed by atoms with Gasteiger partial charge in [0.05, 0.1) is 33.8 Å². The van der Waals surface area contributed by atoms with Gasteiger partial charge in [0.25, 0.3) is 7.82 Å². The van der Waals surface area contributed by atoms with Crippen molar-refractivity contribution in [2.45, 2.75) is 270 Å². The summed E-state index contributed by atoms with van der Waals surface area (Å²) in [5.41, 5.74) is 0. The third-order valence-electron chi connectivity index (χ3n) is 12.1. The van der Waals surface area contributed by atoms with E-state index >= 15 is 0 Å². The summed E-state index contributed by atoms with van der Waals surface area (Å²) in [4.78, 5) is 39.7. The average molecular weight is 925 g/mol. The molecule has 0 saturated carbocycles. The summed E-state index contributed by atoms with van der Waals surface area (Å²) in [6.45, 7) is 6.83. The zero-order valence-electron chi connectivity index (χ0n) is 43.0. The lowest BCUT2D eigenvalue weighted by molar-refractivity contribution is -0.870. The van der Waals surface area contributed by atoms with Crippen LogP contribution in [0.2, 0.25) is 0 Å². The maximum Gasteiger partial charge on any atom is 0.306 e. The van der Waals surface area contributed by atoms with E-state index in [1.807, 2.05) is 33.3 Å². The van der Waals surface area contributed by atoms with Gasteiger partial charge in [-0.3, -0.25) is 14.2 Å². The van der Waals surface area contributed by atoms with Crippen LogP contribution in [0.4, 0.5) is 0 Å². The highest BCUT2D eigenvalue weighted by Crippen LogP contribution is 2.38. The number of unbranched alkanes of at least 4 members (excludes halogenated alkanes) is 31. The van der Waals surface area contributed by atoms with Crippen molar-refractivity contribution in [2.24, 2.45) is 0 Å². The Morgan fingerprint density at radius 2 is 0.906 bits per heavy atom. The lowest BCUT2D eigenvalue weighted by Gasteiger charge is -2.30. The fourth-order valence-corrected chi connectivity index (χ4v) is 8.59. The number of carbonyl (C=O) groups is 2. The van der Waals surface area contributed by atoms with Gasteiger partial charge in [-0.1, -0.05) is 212 Å². The highest BCUT2D eigenvalue weighted by molar-refractivity contribution is 7.45. The highest BCUT2D eigenvalue weighted by Gasteiger charge is 2.27. The molecule has 0 fully saturated rings. The fourth-order valence-electron chi connectivity index (χ4n) is 7.87. The van der Waals surface area contributed by atoms with Gasteiger partial charge in [0, 0.05) is 12.8 Å². The molecule has 0 aromatic carbocycles. The van der Waals surface area contributed by atoms with Crippen molar-refractivity contribution in [3.05, 3.63) is 24.3 Å². The van der Waals surface area contributed by atoms with Crippen molar-refractivity contribution in [3.63, 3.8) is 0 Å². The second-order valence-electron chi connectivity index (χ2n) is 19.7. The quantitative estimate of drug-likeness (QED) is 0.0212. The number of likely N-dealkylation sites (N-methyl/N-ethyl adjacent to an activating group) is 1. The van der Waals surface area contributed by atoms with Crippen LogP contribution in [-0.2, 0) is 27.9 Å². The van der Waals surface area contributed by atoms with Crippen LogP contribution in [0.15, 0.2) is 24.3 Å². The Morgan fingerprint density at radius 3 is 1.34 bits per heavy atom. The number of phosphoric ester groups is 1. The summed E-state index contributed by atoms with van der Waals surface area (Å²) in [6.07, 6.45) is 49.9. The van der Waals surface area contributed by atoms with E-state index in [4.69, 9.17) is 13.8 Å². The topological polar surface area (TPSA) is 114 Å². The first-order chi connectivity index (χ1) is 30.9. The minimum absolute atomic E-state index is 0.0220. The monoisotopic (exact) mass is 925 g/mol. The number of hydrogen-bond acceptors (Lipinski definition) is 7. The molecule has 3 unspecified atom stereocenters. The summed E-state index contributed by atoms with van der Waals surface area (Å²) in [5, 5.41) is 3.01. The van der Waals surface area contributed by atoms with E-state index in [2.05, 4.69) is 38.2 Å².